The van der Waals surface area contributed by atoms with Crippen molar-refractivity contribution in [1.82, 2.24) is 4.57 Å². The van der Waals surface area contributed by atoms with Crippen LogP contribution < -0.4 is 0 Å². The Kier molecular flexibility index (Phi) is 4.68. The standard InChI is InChI=1S/C17H23NO3/c1-4-9-18-12(3)13(6-5-10-19)14-8-7-11(2)15(16(14)18)17(20)21/h7-8,19H,4-6,9-10H2,1-3H3,(H,20,21). The maximum atomic E-state index is 11.7. The molecule has 0 bridgehead atoms. The highest BCUT2D eigenvalue weighted by molar-refractivity contribution is 6.05. The number of carbonyl (C=O) groups is 1. The molecule has 4 nitrogen and oxygen atoms in total. The van der Waals surface area contributed by atoms with E-state index in [0.717, 1.165) is 47.1 Å². The highest BCUT2D eigenvalue weighted by Gasteiger charge is 2.20. The number of benzene rings is 1. The number of hydrogen-bond donors (Lipinski definition) is 2. The fourth-order valence-electron chi connectivity index (χ4n) is 3.09. The SMILES string of the molecule is CCCn1c(C)c(CCCO)c2ccc(C)c(C(=O)O)c21. The topological polar surface area (TPSA) is 62.5 Å². The third-order valence-corrected chi connectivity index (χ3v) is 4.07. The molecule has 21 heavy (non-hydrogen) atoms. The number of aromatic carboxylic acids is 1. The Hall–Kier alpha value is -1.81. The average Bonchev–Trinajstić information content (AvgIpc) is 2.69. The van der Waals surface area contributed by atoms with Gasteiger partial charge in [0.15, 0.2) is 0 Å². The van der Waals surface area contributed by atoms with Gasteiger partial charge in [-0.2, -0.15) is 0 Å². The van der Waals surface area contributed by atoms with Gasteiger partial charge in [-0.05, 0) is 44.2 Å². The number of aromatic nitrogens is 1. The molecule has 0 fully saturated rings. The Morgan fingerprint density at radius 2 is 2.00 bits per heavy atom. The molecule has 0 aliphatic rings. The van der Waals surface area contributed by atoms with Crippen LogP contribution in [0, 0.1) is 13.8 Å². The number of aryl methyl sites for hydroxylation is 3. The summed E-state index contributed by atoms with van der Waals surface area (Å²) in [5.41, 5.74) is 4.30. The summed E-state index contributed by atoms with van der Waals surface area (Å²) in [6.07, 6.45) is 2.43. The summed E-state index contributed by atoms with van der Waals surface area (Å²) in [7, 11) is 0. The van der Waals surface area contributed by atoms with Gasteiger partial charge in [-0.1, -0.05) is 19.1 Å². The van der Waals surface area contributed by atoms with Crippen molar-refractivity contribution in [2.75, 3.05) is 6.61 Å². The highest BCUT2D eigenvalue weighted by Crippen LogP contribution is 2.31. The summed E-state index contributed by atoms with van der Waals surface area (Å²) in [5.74, 6) is -0.873. The third kappa shape index (κ3) is 2.68. The lowest BCUT2D eigenvalue weighted by Crippen LogP contribution is -2.06. The van der Waals surface area contributed by atoms with Gasteiger partial charge in [-0.25, -0.2) is 4.79 Å². The van der Waals surface area contributed by atoms with Gasteiger partial charge in [0.05, 0.1) is 11.1 Å². The second-order valence-electron chi connectivity index (χ2n) is 5.50. The molecule has 2 rings (SSSR count). The molecule has 0 unspecified atom stereocenters. The van der Waals surface area contributed by atoms with Crippen LogP contribution in [0.25, 0.3) is 10.9 Å². The van der Waals surface area contributed by atoms with Gasteiger partial charge in [-0.15, -0.1) is 0 Å². The van der Waals surface area contributed by atoms with E-state index < -0.39 is 5.97 Å². The first-order valence-corrected chi connectivity index (χ1v) is 7.48. The minimum absolute atomic E-state index is 0.150. The summed E-state index contributed by atoms with van der Waals surface area (Å²) >= 11 is 0. The van der Waals surface area contributed by atoms with Crippen molar-refractivity contribution >= 4 is 16.9 Å². The van der Waals surface area contributed by atoms with Crippen LogP contribution in [0.3, 0.4) is 0 Å². The van der Waals surface area contributed by atoms with Crippen LogP contribution >= 0.6 is 0 Å². The summed E-state index contributed by atoms with van der Waals surface area (Å²) in [6.45, 7) is 6.94. The second kappa shape index (κ2) is 6.31. The van der Waals surface area contributed by atoms with Gasteiger partial charge in [0.1, 0.15) is 0 Å². The van der Waals surface area contributed by atoms with E-state index in [1.807, 2.05) is 26.0 Å². The van der Waals surface area contributed by atoms with Crippen molar-refractivity contribution in [3.8, 4) is 0 Å². The molecular weight excluding hydrogens is 266 g/mol. The van der Waals surface area contributed by atoms with E-state index >= 15 is 0 Å². The van der Waals surface area contributed by atoms with Crippen LogP contribution in [0.15, 0.2) is 12.1 Å². The average molecular weight is 289 g/mol. The molecule has 114 valence electrons. The molecule has 0 amide bonds. The second-order valence-corrected chi connectivity index (χ2v) is 5.50. The molecule has 1 aromatic heterocycles. The van der Waals surface area contributed by atoms with E-state index in [1.54, 1.807) is 0 Å². The molecule has 2 aromatic rings. The lowest BCUT2D eigenvalue weighted by atomic mass is 10.0. The van der Waals surface area contributed by atoms with E-state index in [1.165, 1.54) is 0 Å². The number of rotatable bonds is 6. The van der Waals surface area contributed by atoms with Gasteiger partial charge in [0.25, 0.3) is 0 Å². The van der Waals surface area contributed by atoms with Crippen molar-refractivity contribution < 1.29 is 15.0 Å². The van der Waals surface area contributed by atoms with Crippen molar-refractivity contribution in [3.63, 3.8) is 0 Å². The molecule has 0 aliphatic heterocycles. The van der Waals surface area contributed by atoms with E-state index in [4.69, 9.17) is 5.11 Å². The number of carboxylic acid groups (broad SMARTS) is 1. The molecule has 0 saturated heterocycles. The van der Waals surface area contributed by atoms with Gasteiger partial charge >= 0.3 is 5.97 Å². The van der Waals surface area contributed by atoms with E-state index in [2.05, 4.69) is 11.5 Å². The van der Waals surface area contributed by atoms with E-state index in [-0.39, 0.29) is 6.61 Å². The minimum atomic E-state index is -0.873. The zero-order chi connectivity index (χ0) is 15.6. The number of aliphatic hydroxyl groups excluding tert-OH is 1. The number of aliphatic hydroxyl groups is 1. The van der Waals surface area contributed by atoms with Crippen molar-refractivity contribution in [2.45, 2.75) is 46.6 Å². The Bertz CT molecular complexity index is 670. The van der Waals surface area contributed by atoms with Crippen molar-refractivity contribution in [2.24, 2.45) is 0 Å². The number of hydrogen-bond acceptors (Lipinski definition) is 2. The Morgan fingerprint density at radius 3 is 2.57 bits per heavy atom. The Labute approximate surface area is 125 Å². The summed E-state index contributed by atoms with van der Waals surface area (Å²) in [5, 5.41) is 19.7. The first kappa shape index (κ1) is 15.6. The minimum Gasteiger partial charge on any atom is -0.478 e. The Balaban J connectivity index is 2.80. The van der Waals surface area contributed by atoms with Crippen LogP contribution in [0.5, 0.6) is 0 Å². The number of fused-ring (bicyclic) bond motifs is 1. The maximum absolute atomic E-state index is 11.7. The van der Waals surface area contributed by atoms with Crippen LogP contribution in [0.2, 0.25) is 0 Å². The molecule has 0 aliphatic carbocycles. The molecule has 2 N–H and O–H groups in total. The van der Waals surface area contributed by atoms with Gasteiger partial charge in [0.2, 0.25) is 0 Å². The lowest BCUT2D eigenvalue weighted by molar-refractivity contribution is 0.0698. The molecule has 1 heterocycles. The maximum Gasteiger partial charge on any atom is 0.338 e. The zero-order valence-electron chi connectivity index (χ0n) is 12.9. The number of nitrogens with zero attached hydrogens (tertiary/aromatic N) is 1. The normalized spacial score (nSPS) is 11.2. The van der Waals surface area contributed by atoms with E-state index in [0.29, 0.717) is 12.0 Å². The monoisotopic (exact) mass is 289 g/mol. The molecule has 0 atom stereocenters. The smallest absolute Gasteiger partial charge is 0.338 e. The lowest BCUT2D eigenvalue weighted by Gasteiger charge is -2.10. The summed E-state index contributed by atoms with van der Waals surface area (Å²) < 4.78 is 2.12. The van der Waals surface area contributed by atoms with Crippen LogP contribution in [0.4, 0.5) is 0 Å². The quantitative estimate of drug-likeness (QED) is 0.857. The van der Waals surface area contributed by atoms with Crippen LogP contribution in [-0.2, 0) is 13.0 Å². The molecular formula is C17H23NO3. The number of carboxylic acids is 1. The third-order valence-electron chi connectivity index (χ3n) is 4.07. The van der Waals surface area contributed by atoms with Crippen LogP contribution in [-0.4, -0.2) is 27.4 Å². The summed E-state index contributed by atoms with van der Waals surface area (Å²) in [4.78, 5) is 11.7. The molecule has 1 aromatic carbocycles. The van der Waals surface area contributed by atoms with Gasteiger partial charge in [0, 0.05) is 24.2 Å². The fourth-order valence-corrected chi connectivity index (χ4v) is 3.09. The predicted octanol–water partition coefficient (Wildman–Crippen LogP) is 3.29. The van der Waals surface area contributed by atoms with E-state index in [9.17, 15) is 9.90 Å². The summed E-state index contributed by atoms with van der Waals surface area (Å²) in [6, 6.07) is 3.90. The predicted molar refractivity (Wildman–Crippen MR) is 84.1 cm³/mol. The van der Waals surface area contributed by atoms with Crippen LogP contribution in [0.1, 0.15) is 46.9 Å². The highest BCUT2D eigenvalue weighted by atomic mass is 16.4. The molecule has 0 saturated carbocycles. The van der Waals surface area contributed by atoms with Gasteiger partial charge < -0.3 is 14.8 Å². The molecule has 0 radical (unpaired) electrons. The first-order valence-electron chi connectivity index (χ1n) is 7.48. The molecule has 4 heteroatoms. The van der Waals surface area contributed by atoms with Crippen molar-refractivity contribution in [3.05, 3.63) is 34.5 Å². The fraction of sp³-hybridized carbons (Fsp3) is 0.471. The molecule has 0 spiro atoms. The largest absolute Gasteiger partial charge is 0.478 e. The van der Waals surface area contributed by atoms with Crippen molar-refractivity contribution in [1.29, 1.82) is 0 Å². The Morgan fingerprint density at radius 1 is 1.29 bits per heavy atom. The zero-order valence-corrected chi connectivity index (χ0v) is 12.9. The first-order chi connectivity index (χ1) is 10.0. The van der Waals surface area contributed by atoms with Gasteiger partial charge in [-0.3, -0.25) is 0 Å².